The SMILES string of the molecule is COc1ccc(Nc2nc(N[C@H](C3CC3)[C@H](C)NC(=O)OC(C)(C)C)c(F)cc2C#N)cc1OC. The van der Waals surface area contributed by atoms with Crippen molar-refractivity contribution in [3.8, 4) is 17.6 Å². The van der Waals surface area contributed by atoms with Crippen LogP contribution in [0.4, 0.5) is 26.5 Å². The van der Waals surface area contributed by atoms with E-state index in [1.807, 2.05) is 13.0 Å². The van der Waals surface area contributed by atoms with Crippen molar-refractivity contribution < 1.29 is 23.4 Å². The number of ether oxygens (including phenoxy) is 3. The number of nitrogens with one attached hydrogen (secondary N) is 3. The van der Waals surface area contributed by atoms with E-state index < -0.39 is 17.5 Å². The molecule has 1 heterocycles. The Labute approximate surface area is 205 Å². The van der Waals surface area contributed by atoms with Gasteiger partial charge in [-0.1, -0.05) is 0 Å². The molecule has 2 aromatic rings. The van der Waals surface area contributed by atoms with Gasteiger partial charge in [0.15, 0.2) is 29.0 Å². The topological polar surface area (TPSA) is 118 Å². The van der Waals surface area contributed by atoms with Gasteiger partial charge in [0.2, 0.25) is 0 Å². The second kappa shape index (κ2) is 10.7. The highest BCUT2D eigenvalue weighted by Gasteiger charge is 2.37. The molecule has 1 aliphatic rings. The molecule has 3 rings (SSSR count). The average molecular weight is 486 g/mol. The number of alkyl carbamates (subject to hydrolysis) is 1. The monoisotopic (exact) mass is 485 g/mol. The van der Waals surface area contributed by atoms with Crippen LogP contribution in [-0.4, -0.2) is 43.0 Å². The molecular weight excluding hydrogens is 453 g/mol. The van der Waals surface area contributed by atoms with E-state index in [1.54, 1.807) is 39.0 Å². The van der Waals surface area contributed by atoms with Crippen molar-refractivity contribution in [2.24, 2.45) is 5.92 Å². The summed E-state index contributed by atoms with van der Waals surface area (Å²) in [6, 6.07) is 7.62. The minimum Gasteiger partial charge on any atom is -0.493 e. The van der Waals surface area contributed by atoms with Crippen LogP contribution in [0.5, 0.6) is 11.5 Å². The van der Waals surface area contributed by atoms with Crippen molar-refractivity contribution in [3.05, 3.63) is 35.6 Å². The zero-order valence-electron chi connectivity index (χ0n) is 20.9. The predicted octanol–water partition coefficient (Wildman–Crippen LogP) is 4.96. The smallest absolute Gasteiger partial charge is 0.407 e. The van der Waals surface area contributed by atoms with Gasteiger partial charge in [0.05, 0.1) is 25.8 Å². The minimum absolute atomic E-state index is 0.0123. The quantitative estimate of drug-likeness (QED) is 0.456. The number of benzene rings is 1. The number of nitrogens with zero attached hydrogens (tertiary/aromatic N) is 2. The number of pyridine rings is 1. The number of nitriles is 1. The maximum Gasteiger partial charge on any atom is 0.407 e. The van der Waals surface area contributed by atoms with Gasteiger partial charge in [0.25, 0.3) is 0 Å². The highest BCUT2D eigenvalue weighted by atomic mass is 19.1. The summed E-state index contributed by atoms with van der Waals surface area (Å²) in [5.41, 5.74) is 0.00583. The van der Waals surface area contributed by atoms with E-state index in [9.17, 15) is 14.4 Å². The van der Waals surface area contributed by atoms with Gasteiger partial charge in [-0.05, 0) is 64.7 Å². The third kappa shape index (κ3) is 6.88. The number of carbonyl (C=O) groups is 1. The lowest BCUT2D eigenvalue weighted by molar-refractivity contribution is 0.0501. The molecule has 2 atom stereocenters. The Bertz CT molecular complexity index is 1110. The number of hydrogen-bond acceptors (Lipinski definition) is 8. The molecule has 1 saturated carbocycles. The number of hydrogen-bond donors (Lipinski definition) is 3. The minimum atomic E-state index is -0.658. The first kappa shape index (κ1) is 25.9. The second-order valence-corrected chi connectivity index (χ2v) is 9.46. The summed E-state index contributed by atoms with van der Waals surface area (Å²) in [6.07, 6.45) is 1.36. The molecule has 10 heteroatoms. The van der Waals surface area contributed by atoms with E-state index in [4.69, 9.17) is 14.2 Å². The first-order chi connectivity index (χ1) is 16.5. The van der Waals surface area contributed by atoms with E-state index in [0.29, 0.717) is 17.2 Å². The Balaban J connectivity index is 1.83. The Kier molecular flexibility index (Phi) is 7.89. The van der Waals surface area contributed by atoms with Crippen molar-refractivity contribution in [1.29, 1.82) is 5.26 Å². The third-order valence-corrected chi connectivity index (χ3v) is 5.46. The molecule has 35 heavy (non-hydrogen) atoms. The molecule has 0 spiro atoms. The van der Waals surface area contributed by atoms with Crippen LogP contribution in [-0.2, 0) is 4.74 Å². The summed E-state index contributed by atoms with van der Waals surface area (Å²) in [5.74, 6) is 0.806. The molecule has 9 nitrogen and oxygen atoms in total. The summed E-state index contributed by atoms with van der Waals surface area (Å²) in [4.78, 5) is 16.6. The Morgan fingerprint density at radius 3 is 2.43 bits per heavy atom. The fourth-order valence-electron chi connectivity index (χ4n) is 3.67. The number of carbonyl (C=O) groups excluding carboxylic acids is 1. The van der Waals surface area contributed by atoms with Gasteiger partial charge in [0.1, 0.15) is 11.7 Å². The standard InChI is InChI=1S/C25H32FN5O4/c1-14(28-24(32)35-25(2,3)4)21(15-7-8-15)30-23-18(26)11-16(13-27)22(31-23)29-17-9-10-19(33-5)20(12-17)34-6/h9-12,14-15,21H,7-8H2,1-6H3,(H,28,32)(H2,29,30,31)/t14-,21-/m0/s1. The van der Waals surface area contributed by atoms with Gasteiger partial charge in [-0.25, -0.2) is 14.2 Å². The predicted molar refractivity (Wildman–Crippen MR) is 131 cm³/mol. The molecule has 0 aliphatic heterocycles. The highest BCUT2D eigenvalue weighted by Crippen LogP contribution is 2.37. The van der Waals surface area contributed by atoms with Crippen LogP contribution in [0.15, 0.2) is 24.3 Å². The summed E-state index contributed by atoms with van der Waals surface area (Å²) in [7, 11) is 3.05. The van der Waals surface area contributed by atoms with E-state index in [2.05, 4.69) is 20.9 Å². The molecule has 0 bridgehead atoms. The summed E-state index contributed by atoms with van der Waals surface area (Å²) in [5, 5.41) is 18.6. The van der Waals surface area contributed by atoms with Crippen molar-refractivity contribution in [2.45, 2.75) is 58.2 Å². The van der Waals surface area contributed by atoms with Gasteiger partial charge < -0.3 is 30.2 Å². The lowest BCUT2D eigenvalue weighted by Gasteiger charge is -2.28. The van der Waals surface area contributed by atoms with Crippen LogP contribution in [0.25, 0.3) is 0 Å². The summed E-state index contributed by atoms with van der Waals surface area (Å²) >= 11 is 0. The molecule has 0 radical (unpaired) electrons. The molecule has 1 fully saturated rings. The number of methoxy groups -OCH3 is 2. The van der Waals surface area contributed by atoms with Gasteiger partial charge in [0, 0.05) is 17.8 Å². The third-order valence-electron chi connectivity index (χ3n) is 5.46. The second-order valence-electron chi connectivity index (χ2n) is 9.46. The fraction of sp³-hybridized carbons (Fsp3) is 0.480. The van der Waals surface area contributed by atoms with Gasteiger partial charge in [-0.2, -0.15) is 5.26 Å². The first-order valence-corrected chi connectivity index (χ1v) is 11.4. The van der Waals surface area contributed by atoms with Crippen LogP contribution >= 0.6 is 0 Å². The van der Waals surface area contributed by atoms with Crippen LogP contribution < -0.4 is 25.4 Å². The fourth-order valence-corrected chi connectivity index (χ4v) is 3.67. The van der Waals surface area contributed by atoms with E-state index in [-0.39, 0.29) is 35.2 Å². The molecular formula is C25H32FN5O4. The number of halogens is 1. The van der Waals surface area contributed by atoms with Crippen LogP contribution in [0, 0.1) is 23.1 Å². The molecule has 3 N–H and O–H groups in total. The molecule has 0 saturated heterocycles. The molecule has 188 valence electrons. The van der Waals surface area contributed by atoms with E-state index in [1.165, 1.54) is 14.2 Å². The van der Waals surface area contributed by atoms with Crippen molar-refractivity contribution >= 4 is 23.4 Å². The summed E-state index contributed by atoms with van der Waals surface area (Å²) in [6.45, 7) is 7.20. The zero-order valence-corrected chi connectivity index (χ0v) is 20.9. The van der Waals surface area contributed by atoms with Gasteiger partial charge in [-0.3, -0.25) is 0 Å². The molecule has 1 aromatic carbocycles. The first-order valence-electron chi connectivity index (χ1n) is 11.4. The molecule has 0 unspecified atom stereocenters. The zero-order chi connectivity index (χ0) is 25.8. The highest BCUT2D eigenvalue weighted by molar-refractivity contribution is 5.69. The van der Waals surface area contributed by atoms with E-state index >= 15 is 0 Å². The normalized spacial score (nSPS) is 14.8. The Morgan fingerprint density at radius 1 is 1.17 bits per heavy atom. The van der Waals surface area contributed by atoms with Crippen LogP contribution in [0.3, 0.4) is 0 Å². The summed E-state index contributed by atoms with van der Waals surface area (Å²) < 4.78 is 30.8. The maximum atomic E-state index is 14.9. The molecule has 1 amide bonds. The number of aromatic nitrogens is 1. The Hall–Kier alpha value is -3.74. The van der Waals surface area contributed by atoms with E-state index in [0.717, 1.165) is 18.9 Å². The van der Waals surface area contributed by atoms with Gasteiger partial charge >= 0.3 is 6.09 Å². The number of amides is 1. The number of anilines is 3. The number of rotatable bonds is 9. The Morgan fingerprint density at radius 2 is 1.86 bits per heavy atom. The molecule has 1 aromatic heterocycles. The van der Waals surface area contributed by atoms with Gasteiger partial charge in [-0.15, -0.1) is 0 Å². The van der Waals surface area contributed by atoms with Crippen LogP contribution in [0.1, 0.15) is 46.1 Å². The lowest BCUT2D eigenvalue weighted by Crippen LogP contribution is -2.47. The van der Waals surface area contributed by atoms with Crippen LogP contribution in [0.2, 0.25) is 0 Å². The van der Waals surface area contributed by atoms with Crippen molar-refractivity contribution in [1.82, 2.24) is 10.3 Å². The maximum absolute atomic E-state index is 14.9. The molecule has 1 aliphatic carbocycles. The average Bonchev–Trinajstić information content (AvgIpc) is 3.62. The largest absolute Gasteiger partial charge is 0.493 e. The van der Waals surface area contributed by atoms with Crippen molar-refractivity contribution in [3.63, 3.8) is 0 Å². The lowest BCUT2D eigenvalue weighted by atomic mass is 10.0. The van der Waals surface area contributed by atoms with Crippen molar-refractivity contribution in [2.75, 3.05) is 24.9 Å².